The first kappa shape index (κ1) is 30.8. The molecule has 2 aromatic carbocycles. The third-order valence-corrected chi connectivity index (χ3v) is 7.93. The van der Waals surface area contributed by atoms with E-state index >= 15 is 0 Å². The van der Waals surface area contributed by atoms with Crippen molar-refractivity contribution in [2.24, 2.45) is 0 Å². The fraction of sp³-hybridized carbons (Fsp3) is 0.333. The monoisotopic (exact) mass is 546 g/mol. The lowest BCUT2D eigenvalue weighted by atomic mass is 10.1. The van der Waals surface area contributed by atoms with Gasteiger partial charge < -0.3 is 9.80 Å². The van der Waals surface area contributed by atoms with E-state index in [1.807, 2.05) is 60.7 Å². The highest BCUT2D eigenvalue weighted by molar-refractivity contribution is 8.17. The van der Waals surface area contributed by atoms with Crippen molar-refractivity contribution < 1.29 is 9.59 Å². The zero-order valence-electron chi connectivity index (χ0n) is 22.4. The van der Waals surface area contributed by atoms with Crippen LogP contribution in [0.3, 0.4) is 0 Å². The molecular weight excluding hydrogens is 512 g/mol. The summed E-state index contributed by atoms with van der Waals surface area (Å²) in [5.74, 6) is 0.707. The summed E-state index contributed by atoms with van der Waals surface area (Å²) < 4.78 is 0. The van der Waals surface area contributed by atoms with Crippen molar-refractivity contribution in [3.05, 3.63) is 70.8 Å². The van der Waals surface area contributed by atoms with Gasteiger partial charge in [-0.1, -0.05) is 47.8 Å². The van der Waals surface area contributed by atoms with E-state index in [9.17, 15) is 20.1 Å². The highest BCUT2D eigenvalue weighted by Gasteiger charge is 2.13. The number of anilines is 2. The molecule has 0 aliphatic heterocycles. The molecular formula is C30H34N4O2S2. The van der Waals surface area contributed by atoms with E-state index in [0.717, 1.165) is 72.2 Å². The van der Waals surface area contributed by atoms with Crippen LogP contribution >= 0.6 is 23.5 Å². The molecule has 0 bridgehead atoms. The number of nitriles is 2. The van der Waals surface area contributed by atoms with E-state index in [4.69, 9.17) is 0 Å². The molecule has 0 saturated heterocycles. The maximum absolute atomic E-state index is 12.5. The van der Waals surface area contributed by atoms with Gasteiger partial charge in [-0.05, 0) is 75.2 Å². The lowest BCUT2D eigenvalue weighted by Gasteiger charge is -2.20. The third kappa shape index (κ3) is 9.13. The average molecular weight is 547 g/mol. The predicted molar refractivity (Wildman–Crippen MR) is 162 cm³/mol. The molecule has 0 radical (unpaired) electrons. The standard InChI is InChI=1S/C30H34N4O2S2/c1-5-33(6-2)27-13-9-23(10-14-27)19-25(21-31)29(35)37-17-18-38-30(36)26(22-32)20-24-11-15-28(16-12-24)34(7-3)8-4/h9-16,19-20H,5-8,17-18H2,1-4H3. The second-order valence-electron chi connectivity index (χ2n) is 8.14. The average Bonchev–Trinajstić information content (AvgIpc) is 2.95. The quantitative estimate of drug-likeness (QED) is 0.162. The van der Waals surface area contributed by atoms with Gasteiger partial charge in [0.2, 0.25) is 10.2 Å². The van der Waals surface area contributed by atoms with E-state index in [0.29, 0.717) is 11.5 Å². The maximum atomic E-state index is 12.5. The van der Waals surface area contributed by atoms with Crippen LogP contribution in [0, 0.1) is 22.7 Å². The van der Waals surface area contributed by atoms with Gasteiger partial charge >= 0.3 is 0 Å². The highest BCUT2D eigenvalue weighted by atomic mass is 32.2. The molecule has 0 unspecified atom stereocenters. The summed E-state index contributed by atoms with van der Waals surface area (Å²) >= 11 is 2.00. The molecule has 0 fully saturated rings. The summed E-state index contributed by atoms with van der Waals surface area (Å²) in [4.78, 5) is 29.5. The molecule has 0 aliphatic carbocycles. The van der Waals surface area contributed by atoms with Gasteiger partial charge in [-0.15, -0.1) is 0 Å². The number of benzene rings is 2. The van der Waals surface area contributed by atoms with Crippen LogP contribution in [0.1, 0.15) is 38.8 Å². The number of hydrogen-bond donors (Lipinski definition) is 0. The van der Waals surface area contributed by atoms with Gasteiger partial charge in [0.25, 0.3) is 0 Å². The number of rotatable bonds is 13. The number of hydrogen-bond acceptors (Lipinski definition) is 8. The van der Waals surface area contributed by atoms with Crippen molar-refractivity contribution in [1.82, 2.24) is 0 Å². The Kier molecular flexibility index (Phi) is 13.3. The van der Waals surface area contributed by atoms with Gasteiger partial charge in [-0.2, -0.15) is 10.5 Å². The summed E-state index contributed by atoms with van der Waals surface area (Å²) in [5, 5.41) is 18.3. The van der Waals surface area contributed by atoms with Gasteiger partial charge in [0, 0.05) is 49.1 Å². The van der Waals surface area contributed by atoms with Crippen molar-refractivity contribution in [3.63, 3.8) is 0 Å². The van der Waals surface area contributed by atoms with Gasteiger partial charge in [0.15, 0.2) is 0 Å². The van der Waals surface area contributed by atoms with Crippen molar-refractivity contribution in [2.45, 2.75) is 27.7 Å². The highest BCUT2D eigenvalue weighted by Crippen LogP contribution is 2.22. The van der Waals surface area contributed by atoms with Gasteiger partial charge in [0.05, 0.1) is 0 Å². The predicted octanol–water partition coefficient (Wildman–Crippen LogP) is 6.41. The first-order valence-corrected chi connectivity index (χ1v) is 14.7. The Morgan fingerprint density at radius 3 is 1.24 bits per heavy atom. The largest absolute Gasteiger partial charge is 0.372 e. The Morgan fingerprint density at radius 1 is 0.658 bits per heavy atom. The van der Waals surface area contributed by atoms with E-state index in [2.05, 4.69) is 37.5 Å². The van der Waals surface area contributed by atoms with Crippen LogP contribution in [-0.4, -0.2) is 47.9 Å². The van der Waals surface area contributed by atoms with Gasteiger partial charge in [-0.25, -0.2) is 0 Å². The lowest BCUT2D eigenvalue weighted by Crippen LogP contribution is -2.21. The molecule has 0 heterocycles. The van der Waals surface area contributed by atoms with Crippen LogP contribution < -0.4 is 9.80 Å². The number of carbonyl (C=O) groups excluding carboxylic acids is 2. The lowest BCUT2D eigenvalue weighted by molar-refractivity contribution is -0.108. The molecule has 0 saturated carbocycles. The minimum Gasteiger partial charge on any atom is -0.372 e. The van der Waals surface area contributed by atoms with Crippen molar-refractivity contribution in [3.8, 4) is 12.1 Å². The summed E-state index contributed by atoms with van der Waals surface area (Å²) in [7, 11) is 0. The first-order valence-electron chi connectivity index (χ1n) is 12.7. The number of thioether (sulfide) groups is 2. The zero-order valence-corrected chi connectivity index (χ0v) is 24.1. The summed E-state index contributed by atoms with van der Waals surface area (Å²) in [6, 6.07) is 19.5. The zero-order chi connectivity index (χ0) is 27.9. The van der Waals surface area contributed by atoms with E-state index in [1.54, 1.807) is 12.2 Å². The van der Waals surface area contributed by atoms with Crippen LogP contribution in [0.4, 0.5) is 11.4 Å². The van der Waals surface area contributed by atoms with Crippen LogP contribution in [0.25, 0.3) is 12.2 Å². The molecule has 0 aliphatic rings. The van der Waals surface area contributed by atoms with Gasteiger partial charge in [0.1, 0.15) is 23.3 Å². The van der Waals surface area contributed by atoms with Crippen LogP contribution in [0.15, 0.2) is 59.7 Å². The van der Waals surface area contributed by atoms with E-state index in [1.165, 1.54) is 0 Å². The maximum Gasteiger partial charge on any atom is 0.229 e. The fourth-order valence-electron chi connectivity index (χ4n) is 3.77. The van der Waals surface area contributed by atoms with Crippen molar-refractivity contribution in [1.29, 1.82) is 10.5 Å². The molecule has 6 nitrogen and oxygen atoms in total. The molecule has 38 heavy (non-hydrogen) atoms. The summed E-state index contributed by atoms with van der Waals surface area (Å²) in [6.45, 7) is 12.0. The minimum absolute atomic E-state index is 0.0627. The summed E-state index contributed by atoms with van der Waals surface area (Å²) in [6.07, 6.45) is 3.17. The first-order chi connectivity index (χ1) is 18.4. The normalized spacial score (nSPS) is 11.4. The Balaban J connectivity index is 1.91. The molecule has 0 atom stereocenters. The number of carbonyl (C=O) groups is 2. The van der Waals surface area contributed by atoms with Crippen LogP contribution in [-0.2, 0) is 9.59 Å². The Morgan fingerprint density at radius 2 is 0.974 bits per heavy atom. The second-order valence-corrected chi connectivity index (χ2v) is 10.3. The SMILES string of the molecule is CCN(CC)c1ccc(C=C(C#N)C(=O)SCCSC(=O)C(C#N)=Cc2ccc(N(CC)CC)cc2)cc1. The van der Waals surface area contributed by atoms with Crippen LogP contribution in [0.2, 0.25) is 0 Å². The van der Waals surface area contributed by atoms with Gasteiger partial charge in [-0.3, -0.25) is 9.59 Å². The molecule has 8 heteroatoms. The molecule has 0 spiro atoms. The minimum atomic E-state index is -0.335. The number of nitrogens with zero attached hydrogens (tertiary/aromatic N) is 4. The fourth-order valence-corrected chi connectivity index (χ4v) is 5.33. The molecule has 0 N–H and O–H groups in total. The molecule has 0 aromatic heterocycles. The Hall–Kier alpha value is -3.46. The van der Waals surface area contributed by atoms with Crippen LogP contribution in [0.5, 0.6) is 0 Å². The van der Waals surface area contributed by atoms with E-state index in [-0.39, 0.29) is 21.4 Å². The molecule has 2 aromatic rings. The Labute approximate surface area is 235 Å². The van der Waals surface area contributed by atoms with Crippen molar-refractivity contribution in [2.75, 3.05) is 47.5 Å². The molecule has 2 rings (SSSR count). The topological polar surface area (TPSA) is 88.2 Å². The molecule has 0 amide bonds. The smallest absolute Gasteiger partial charge is 0.229 e. The molecule has 198 valence electrons. The van der Waals surface area contributed by atoms with Crippen molar-refractivity contribution >= 4 is 57.3 Å². The van der Waals surface area contributed by atoms with E-state index < -0.39 is 0 Å². The summed E-state index contributed by atoms with van der Waals surface area (Å²) in [5.41, 5.74) is 3.88. The third-order valence-electron chi connectivity index (χ3n) is 5.90. The Bertz CT molecular complexity index is 1120. The second kappa shape index (κ2) is 16.4.